The zero-order valence-corrected chi connectivity index (χ0v) is 11.0. The highest BCUT2D eigenvalue weighted by molar-refractivity contribution is 6.18. The minimum atomic E-state index is -0.0922. The van der Waals surface area contributed by atoms with Crippen molar-refractivity contribution in [2.75, 3.05) is 6.54 Å². The molecule has 0 N–H and O–H groups in total. The van der Waals surface area contributed by atoms with Crippen molar-refractivity contribution in [1.82, 2.24) is 4.90 Å². The number of allylic oxidation sites excluding steroid dienone is 2. The highest BCUT2D eigenvalue weighted by Gasteiger charge is 2.42. The average molecular weight is 245 g/mol. The number of amides is 2. The lowest BCUT2D eigenvalue weighted by molar-refractivity contribution is -0.137. The van der Waals surface area contributed by atoms with Crippen LogP contribution in [-0.4, -0.2) is 23.3 Å². The molecule has 1 aliphatic heterocycles. The molecule has 0 spiro atoms. The highest BCUT2D eigenvalue weighted by atomic mass is 16.2. The summed E-state index contributed by atoms with van der Waals surface area (Å²) in [6, 6.07) is 0. The van der Waals surface area contributed by atoms with Crippen molar-refractivity contribution in [3.8, 4) is 0 Å². The summed E-state index contributed by atoms with van der Waals surface area (Å²) < 4.78 is 0. The van der Waals surface area contributed by atoms with Crippen molar-refractivity contribution in [2.24, 2.45) is 11.3 Å². The SMILES string of the molecule is CC1=C(C)C(=O)N(CCC23C=CC(CC2)C3)C1=O. The fourth-order valence-electron chi connectivity index (χ4n) is 3.52. The predicted octanol–water partition coefficient (Wildman–Crippen LogP) is 2.44. The fraction of sp³-hybridized carbons (Fsp3) is 0.600. The van der Waals surface area contributed by atoms with E-state index in [1.165, 1.54) is 24.2 Å². The Hall–Kier alpha value is -1.38. The molecule has 3 nitrogen and oxygen atoms in total. The first-order valence-corrected chi connectivity index (χ1v) is 6.75. The average Bonchev–Trinajstić information content (AvgIpc) is 3.00. The molecule has 96 valence electrons. The molecule has 1 fully saturated rings. The van der Waals surface area contributed by atoms with Crippen LogP contribution in [0, 0.1) is 11.3 Å². The van der Waals surface area contributed by atoms with Gasteiger partial charge in [0.25, 0.3) is 11.8 Å². The van der Waals surface area contributed by atoms with Gasteiger partial charge in [-0.1, -0.05) is 12.2 Å². The Morgan fingerprint density at radius 3 is 2.39 bits per heavy atom. The van der Waals surface area contributed by atoms with Crippen LogP contribution in [0.4, 0.5) is 0 Å². The minimum absolute atomic E-state index is 0.0922. The first-order valence-electron chi connectivity index (χ1n) is 6.75. The van der Waals surface area contributed by atoms with Crippen LogP contribution in [0.3, 0.4) is 0 Å². The summed E-state index contributed by atoms with van der Waals surface area (Å²) >= 11 is 0. The summed E-state index contributed by atoms with van der Waals surface area (Å²) in [6.45, 7) is 4.06. The molecule has 2 aliphatic carbocycles. The van der Waals surface area contributed by atoms with E-state index in [2.05, 4.69) is 12.2 Å². The lowest BCUT2D eigenvalue weighted by Gasteiger charge is -2.26. The summed E-state index contributed by atoms with van der Waals surface area (Å²) in [5.74, 6) is 0.562. The van der Waals surface area contributed by atoms with Gasteiger partial charge in [0, 0.05) is 17.7 Å². The number of hydrogen-bond acceptors (Lipinski definition) is 2. The molecular formula is C15H19NO2. The molecule has 18 heavy (non-hydrogen) atoms. The Morgan fingerprint density at radius 2 is 1.94 bits per heavy atom. The van der Waals surface area contributed by atoms with Gasteiger partial charge in [-0.15, -0.1) is 0 Å². The number of nitrogens with zero attached hydrogens (tertiary/aromatic N) is 1. The second kappa shape index (κ2) is 3.81. The van der Waals surface area contributed by atoms with Gasteiger partial charge in [0.1, 0.15) is 0 Å². The molecule has 1 heterocycles. The van der Waals surface area contributed by atoms with Crippen LogP contribution < -0.4 is 0 Å². The van der Waals surface area contributed by atoms with Gasteiger partial charge in [-0.25, -0.2) is 0 Å². The van der Waals surface area contributed by atoms with Crippen molar-refractivity contribution in [2.45, 2.75) is 39.5 Å². The summed E-state index contributed by atoms with van der Waals surface area (Å²) in [4.78, 5) is 25.4. The fourth-order valence-corrected chi connectivity index (χ4v) is 3.52. The molecule has 0 aromatic rings. The Bertz CT molecular complexity index is 465. The quantitative estimate of drug-likeness (QED) is 0.565. The first kappa shape index (κ1) is 11.7. The van der Waals surface area contributed by atoms with Crippen LogP contribution in [0.5, 0.6) is 0 Å². The van der Waals surface area contributed by atoms with Gasteiger partial charge >= 0.3 is 0 Å². The standard InChI is InChI=1S/C15H19NO2/c1-10-11(2)14(18)16(13(10)17)8-7-15-5-3-12(9-15)4-6-15/h3,5,12H,4,6-9H2,1-2H3. The monoisotopic (exact) mass is 245 g/mol. The molecule has 3 heteroatoms. The van der Waals surface area contributed by atoms with Gasteiger partial charge < -0.3 is 0 Å². The number of imide groups is 1. The van der Waals surface area contributed by atoms with Gasteiger partial charge in [-0.3, -0.25) is 14.5 Å². The molecule has 1 saturated carbocycles. The second-order valence-electron chi connectivity index (χ2n) is 5.99. The van der Waals surface area contributed by atoms with E-state index in [4.69, 9.17) is 0 Å². The molecule has 3 aliphatic rings. The molecule has 2 atom stereocenters. The Balaban J connectivity index is 1.67. The molecule has 3 rings (SSSR count). The molecule has 2 unspecified atom stereocenters. The molecular weight excluding hydrogens is 226 g/mol. The minimum Gasteiger partial charge on any atom is -0.275 e. The molecule has 0 radical (unpaired) electrons. The maximum absolute atomic E-state index is 12.0. The van der Waals surface area contributed by atoms with Crippen LogP contribution in [0.25, 0.3) is 0 Å². The Kier molecular flexibility index (Phi) is 2.47. The van der Waals surface area contributed by atoms with E-state index in [1.807, 2.05) is 0 Å². The van der Waals surface area contributed by atoms with E-state index in [9.17, 15) is 9.59 Å². The Labute approximate surface area is 108 Å². The maximum atomic E-state index is 12.0. The van der Waals surface area contributed by atoms with Crippen LogP contribution in [0.15, 0.2) is 23.3 Å². The number of carbonyl (C=O) groups is 2. The number of hydrogen-bond donors (Lipinski definition) is 0. The molecule has 2 amide bonds. The zero-order chi connectivity index (χ0) is 12.9. The lowest BCUT2D eigenvalue weighted by atomic mass is 9.84. The van der Waals surface area contributed by atoms with Crippen LogP contribution >= 0.6 is 0 Å². The van der Waals surface area contributed by atoms with Gasteiger partial charge in [-0.05, 0) is 50.9 Å². The number of rotatable bonds is 3. The van der Waals surface area contributed by atoms with Crippen molar-refractivity contribution in [3.05, 3.63) is 23.3 Å². The van der Waals surface area contributed by atoms with Gasteiger partial charge in [-0.2, -0.15) is 0 Å². The third kappa shape index (κ3) is 1.57. The normalized spacial score (nSPS) is 34.3. The first-order chi connectivity index (χ1) is 8.52. The van der Waals surface area contributed by atoms with Crippen LogP contribution in [0.1, 0.15) is 39.5 Å². The third-order valence-corrected chi connectivity index (χ3v) is 4.93. The van der Waals surface area contributed by atoms with Gasteiger partial charge in [0.05, 0.1) is 0 Å². The molecule has 0 saturated heterocycles. The van der Waals surface area contributed by atoms with Gasteiger partial charge in [0.2, 0.25) is 0 Å². The molecule has 0 aromatic carbocycles. The number of carbonyl (C=O) groups excluding carboxylic acids is 2. The van der Waals surface area contributed by atoms with E-state index in [1.54, 1.807) is 13.8 Å². The van der Waals surface area contributed by atoms with Crippen LogP contribution in [-0.2, 0) is 9.59 Å². The van der Waals surface area contributed by atoms with Crippen LogP contribution in [0.2, 0.25) is 0 Å². The van der Waals surface area contributed by atoms with Gasteiger partial charge in [0.15, 0.2) is 0 Å². The second-order valence-corrected chi connectivity index (χ2v) is 5.99. The van der Waals surface area contributed by atoms with E-state index in [0.717, 1.165) is 12.3 Å². The van der Waals surface area contributed by atoms with Crippen molar-refractivity contribution in [3.63, 3.8) is 0 Å². The van der Waals surface area contributed by atoms with Crippen molar-refractivity contribution < 1.29 is 9.59 Å². The summed E-state index contributed by atoms with van der Waals surface area (Å²) in [5.41, 5.74) is 1.50. The predicted molar refractivity (Wildman–Crippen MR) is 68.6 cm³/mol. The van der Waals surface area contributed by atoms with E-state index in [-0.39, 0.29) is 17.2 Å². The van der Waals surface area contributed by atoms with E-state index < -0.39 is 0 Å². The maximum Gasteiger partial charge on any atom is 0.256 e. The topological polar surface area (TPSA) is 37.4 Å². The van der Waals surface area contributed by atoms with Crippen molar-refractivity contribution >= 4 is 11.8 Å². The Morgan fingerprint density at radius 1 is 1.28 bits per heavy atom. The van der Waals surface area contributed by atoms with E-state index >= 15 is 0 Å². The lowest BCUT2D eigenvalue weighted by Crippen LogP contribution is -2.34. The largest absolute Gasteiger partial charge is 0.275 e. The molecule has 2 bridgehead atoms. The third-order valence-electron chi connectivity index (χ3n) is 4.93. The highest BCUT2D eigenvalue weighted by Crippen LogP contribution is 2.51. The summed E-state index contributed by atoms with van der Waals surface area (Å²) in [7, 11) is 0. The van der Waals surface area contributed by atoms with Crippen molar-refractivity contribution in [1.29, 1.82) is 0 Å². The smallest absolute Gasteiger partial charge is 0.256 e. The van der Waals surface area contributed by atoms with E-state index in [0.29, 0.717) is 17.7 Å². The number of fused-ring (bicyclic) bond motifs is 2. The summed E-state index contributed by atoms with van der Waals surface area (Å²) in [6.07, 6.45) is 9.27. The summed E-state index contributed by atoms with van der Waals surface area (Å²) in [5, 5.41) is 0. The zero-order valence-electron chi connectivity index (χ0n) is 11.0. The molecule has 0 aromatic heterocycles.